The molecule has 2 aromatic carbocycles. The van der Waals surface area contributed by atoms with Crippen LogP contribution in [0.1, 0.15) is 54.4 Å². The Hall–Kier alpha value is -4.08. The van der Waals surface area contributed by atoms with Gasteiger partial charge in [-0.3, -0.25) is 19.2 Å². The van der Waals surface area contributed by atoms with E-state index in [4.69, 9.17) is 4.74 Å². The zero-order chi connectivity index (χ0) is 34.6. The van der Waals surface area contributed by atoms with Crippen molar-refractivity contribution in [3.05, 3.63) is 60.7 Å². The van der Waals surface area contributed by atoms with Crippen LogP contribution in [0.15, 0.2) is 80.7 Å². The Morgan fingerprint density at radius 2 is 0.872 bits per heavy atom. The van der Waals surface area contributed by atoms with E-state index in [-0.39, 0.29) is 34.1 Å². The number of hydrazone groups is 2. The summed E-state index contributed by atoms with van der Waals surface area (Å²) < 4.78 is 59.4. The number of ether oxygens (including phenoxy) is 1. The molecule has 0 radical (unpaired) electrons. The van der Waals surface area contributed by atoms with Gasteiger partial charge in [0.05, 0.1) is 21.2 Å². The van der Waals surface area contributed by atoms with E-state index in [1.807, 2.05) is 0 Å². The summed E-state index contributed by atoms with van der Waals surface area (Å²) in [5, 5.41) is 8.33. The Bertz CT molecular complexity index is 1910. The highest BCUT2D eigenvalue weighted by Gasteiger charge is 2.86. The van der Waals surface area contributed by atoms with Gasteiger partial charge in [0.15, 0.2) is 11.2 Å². The molecule has 0 heterocycles. The predicted octanol–water partition coefficient (Wildman–Crippen LogP) is 2.33. The van der Waals surface area contributed by atoms with Gasteiger partial charge in [-0.25, -0.2) is 9.66 Å². The van der Waals surface area contributed by atoms with Gasteiger partial charge in [0.1, 0.15) is 0 Å². The summed E-state index contributed by atoms with van der Waals surface area (Å²) in [6.45, 7) is 9.41. The second-order valence-corrected chi connectivity index (χ2v) is 17.3. The predicted molar refractivity (Wildman–Crippen MR) is 168 cm³/mol. The van der Waals surface area contributed by atoms with Crippen molar-refractivity contribution in [1.29, 1.82) is 0 Å². The van der Waals surface area contributed by atoms with Crippen LogP contribution in [0.5, 0.6) is 0 Å². The highest BCUT2D eigenvalue weighted by atomic mass is 32.2. The van der Waals surface area contributed by atoms with Crippen molar-refractivity contribution < 1.29 is 40.8 Å². The van der Waals surface area contributed by atoms with Crippen molar-refractivity contribution in [2.75, 3.05) is 0 Å². The fourth-order valence-electron chi connectivity index (χ4n) is 7.70. The molecule has 0 aromatic heterocycles. The van der Waals surface area contributed by atoms with E-state index >= 15 is 0 Å². The zero-order valence-corrected chi connectivity index (χ0v) is 28.2. The molecule has 0 aliphatic heterocycles. The third-order valence-electron chi connectivity index (χ3n) is 11.4. The standard InChI is InChI=1S/C32H34N4O9S2/c1-27(2)29(5)17-21(33-35-46(41,42)19-13-9-7-10-14-19)31(27,25(39)23(29)37)45-32-22(18-30(6,28(32,3)4)24(38)26(32)40)34-36-47(43,44)20-15-11-8-12-16-20/h7-16,35-36H,17-18H2,1-6H3. The normalized spacial score (nSPS) is 34.1. The Kier molecular flexibility index (Phi) is 6.80. The van der Waals surface area contributed by atoms with Crippen molar-refractivity contribution in [3.63, 3.8) is 0 Å². The number of ketones is 4. The molecule has 0 spiro atoms. The molecule has 2 N–H and O–H groups in total. The van der Waals surface area contributed by atoms with Gasteiger partial charge in [0, 0.05) is 34.5 Å². The minimum atomic E-state index is -4.24. The lowest BCUT2D eigenvalue weighted by molar-refractivity contribution is -0.179. The van der Waals surface area contributed by atoms with Crippen LogP contribution in [0, 0.1) is 21.7 Å². The number of nitrogens with one attached hydrogen (secondary N) is 2. The molecular weight excluding hydrogens is 649 g/mol. The number of benzene rings is 2. The van der Waals surface area contributed by atoms with E-state index in [1.165, 1.54) is 48.5 Å². The first-order chi connectivity index (χ1) is 21.7. The van der Waals surface area contributed by atoms with Gasteiger partial charge < -0.3 is 4.74 Å². The number of carbonyl (C=O) groups excluding carboxylic acids is 4. The van der Waals surface area contributed by atoms with E-state index in [0.717, 1.165) is 0 Å². The third kappa shape index (κ3) is 3.84. The maximum absolute atomic E-state index is 14.2. The van der Waals surface area contributed by atoms with Crippen LogP contribution in [-0.4, -0.2) is 62.6 Å². The highest BCUT2D eigenvalue weighted by molar-refractivity contribution is 7.89. The van der Waals surface area contributed by atoms with Gasteiger partial charge in [-0.1, -0.05) is 77.9 Å². The van der Waals surface area contributed by atoms with Crippen molar-refractivity contribution >= 4 is 54.6 Å². The maximum Gasteiger partial charge on any atom is 0.276 e. The van der Waals surface area contributed by atoms with Crippen molar-refractivity contribution in [3.8, 4) is 0 Å². The molecule has 0 amide bonds. The molecule has 13 nitrogen and oxygen atoms in total. The van der Waals surface area contributed by atoms with Gasteiger partial charge in [-0.2, -0.15) is 27.0 Å². The molecule has 4 bridgehead atoms. The Morgan fingerprint density at radius 3 is 1.17 bits per heavy atom. The average molecular weight is 683 g/mol. The largest absolute Gasteiger partial charge is 0.338 e. The number of sulfonamides is 2. The lowest BCUT2D eigenvalue weighted by atomic mass is 9.67. The first-order valence-corrected chi connectivity index (χ1v) is 17.8. The number of hydrogen-bond acceptors (Lipinski definition) is 11. The molecule has 6 rings (SSSR count). The van der Waals surface area contributed by atoms with Crippen LogP contribution in [0.2, 0.25) is 0 Å². The number of Topliss-reactive ketones (excluding diaryl/α,β-unsaturated/α-hetero) is 4. The Balaban J connectivity index is 1.53. The second-order valence-electron chi connectivity index (χ2n) is 14.0. The Morgan fingerprint density at radius 1 is 0.553 bits per heavy atom. The molecule has 4 atom stereocenters. The lowest BCUT2D eigenvalue weighted by Crippen LogP contribution is -2.65. The third-order valence-corrected chi connectivity index (χ3v) is 13.9. The summed E-state index contributed by atoms with van der Waals surface area (Å²) in [5.41, 5.74) is -10.7. The van der Waals surface area contributed by atoms with Crippen molar-refractivity contribution in [2.24, 2.45) is 31.9 Å². The SMILES string of the molecule is CC12CC(=NNS(=O)(=O)c3ccccc3)C(OC34C(=O)C(=O)C(C)(CC3=NNS(=O)(=O)c3ccccc3)C4(C)C)(C(=O)C1=O)C2(C)C. The summed E-state index contributed by atoms with van der Waals surface area (Å²) in [6, 6.07) is 14.7. The smallest absolute Gasteiger partial charge is 0.276 e. The quantitative estimate of drug-likeness (QED) is 0.310. The maximum atomic E-state index is 14.2. The zero-order valence-electron chi connectivity index (χ0n) is 26.6. The number of rotatable bonds is 8. The summed E-state index contributed by atoms with van der Waals surface area (Å²) in [6.07, 6.45) is -0.407. The summed E-state index contributed by atoms with van der Waals surface area (Å²) >= 11 is 0. The van der Waals surface area contributed by atoms with Gasteiger partial charge in [0.2, 0.25) is 23.1 Å². The molecule has 0 saturated heterocycles. The van der Waals surface area contributed by atoms with Crippen molar-refractivity contribution in [2.45, 2.75) is 75.4 Å². The Labute approximate surface area is 272 Å². The van der Waals surface area contributed by atoms with E-state index < -0.39 is 76.0 Å². The molecule has 4 aliphatic rings. The first kappa shape index (κ1) is 32.8. The fraction of sp³-hybridized carbons (Fsp3) is 0.438. The molecule has 4 aliphatic carbocycles. The lowest BCUT2D eigenvalue weighted by Gasteiger charge is -2.46. The number of carbonyl (C=O) groups is 4. The summed E-state index contributed by atoms with van der Waals surface area (Å²) in [7, 11) is -8.49. The van der Waals surface area contributed by atoms with Crippen LogP contribution < -0.4 is 9.66 Å². The van der Waals surface area contributed by atoms with Crippen LogP contribution in [0.3, 0.4) is 0 Å². The number of fused-ring (bicyclic) bond motifs is 4. The first-order valence-electron chi connectivity index (χ1n) is 14.8. The van der Waals surface area contributed by atoms with Crippen LogP contribution >= 0.6 is 0 Å². The fourth-order valence-corrected chi connectivity index (χ4v) is 9.41. The van der Waals surface area contributed by atoms with Gasteiger partial charge >= 0.3 is 0 Å². The van der Waals surface area contributed by atoms with Gasteiger partial charge in [-0.05, 0) is 24.3 Å². The monoisotopic (exact) mass is 682 g/mol. The van der Waals surface area contributed by atoms with Crippen molar-refractivity contribution in [1.82, 2.24) is 9.66 Å². The van der Waals surface area contributed by atoms with E-state index in [2.05, 4.69) is 19.9 Å². The molecule has 248 valence electrons. The van der Waals surface area contributed by atoms with Crippen LogP contribution in [-0.2, 0) is 44.0 Å². The molecule has 4 unspecified atom stereocenters. The minimum absolute atomic E-state index is 0.113. The number of nitrogens with zero attached hydrogens (tertiary/aromatic N) is 2. The molecule has 47 heavy (non-hydrogen) atoms. The van der Waals surface area contributed by atoms with Crippen LogP contribution in [0.25, 0.3) is 0 Å². The minimum Gasteiger partial charge on any atom is -0.338 e. The van der Waals surface area contributed by atoms with E-state index in [1.54, 1.807) is 53.7 Å². The number of hydrogen-bond donors (Lipinski definition) is 2. The van der Waals surface area contributed by atoms with E-state index in [0.29, 0.717) is 0 Å². The molecule has 2 aromatic rings. The summed E-state index contributed by atoms with van der Waals surface area (Å²) in [5.74, 6) is -3.74. The van der Waals surface area contributed by atoms with Crippen LogP contribution in [0.4, 0.5) is 0 Å². The van der Waals surface area contributed by atoms with E-state index in [9.17, 15) is 36.0 Å². The molecule has 4 fully saturated rings. The topological polar surface area (TPSA) is 195 Å². The second kappa shape index (κ2) is 9.73. The summed E-state index contributed by atoms with van der Waals surface area (Å²) in [4.78, 5) is 59.7. The average Bonchev–Trinajstić information content (AvgIpc) is 3.41. The highest BCUT2D eigenvalue weighted by Crippen LogP contribution is 2.70. The van der Waals surface area contributed by atoms with Gasteiger partial charge in [0.25, 0.3) is 20.0 Å². The van der Waals surface area contributed by atoms with Gasteiger partial charge in [-0.15, -0.1) is 0 Å². The molecule has 15 heteroatoms. The molecular formula is C32H34N4O9S2. The molecule has 4 saturated carbocycles.